The van der Waals surface area contributed by atoms with Crippen molar-refractivity contribution in [2.45, 2.75) is 12.5 Å². The molecule has 1 atom stereocenters. The molecule has 0 aromatic heterocycles. The number of nitrogens with zero attached hydrogens (tertiary/aromatic N) is 1. The highest BCUT2D eigenvalue weighted by Crippen LogP contribution is 2.35. The molecule has 1 heteroatoms. The zero-order chi connectivity index (χ0) is 12.4. The molecule has 90 valence electrons. The lowest BCUT2D eigenvalue weighted by Gasteiger charge is -2.28. The first-order valence-electron chi connectivity index (χ1n) is 6.42. The van der Waals surface area contributed by atoms with E-state index in [1.807, 2.05) is 6.08 Å². The van der Waals surface area contributed by atoms with E-state index < -0.39 is 0 Å². The normalized spacial score (nSPS) is 15.2. The molecule has 1 heterocycles. The maximum Gasteiger partial charge on any atom is 0.0724 e. The summed E-state index contributed by atoms with van der Waals surface area (Å²) in [5, 5.41) is 0. The van der Waals surface area contributed by atoms with Crippen LogP contribution in [0.1, 0.15) is 17.2 Å². The highest BCUT2D eigenvalue weighted by atomic mass is 15.2. The van der Waals surface area contributed by atoms with E-state index in [2.05, 4.69) is 66.1 Å². The molecule has 1 aliphatic rings. The van der Waals surface area contributed by atoms with Gasteiger partial charge in [0.1, 0.15) is 0 Å². The second-order valence-electron chi connectivity index (χ2n) is 4.66. The Balaban J connectivity index is 1.98. The predicted molar refractivity (Wildman–Crippen MR) is 76.9 cm³/mol. The molecule has 0 saturated carbocycles. The second-order valence-corrected chi connectivity index (χ2v) is 4.66. The van der Waals surface area contributed by atoms with Crippen LogP contribution in [0, 0.1) is 0 Å². The minimum Gasteiger partial charge on any atom is -0.360 e. The SMILES string of the molecule is C=CC(c1ccccc1)N1CCc2ccccc21. The zero-order valence-electron chi connectivity index (χ0n) is 10.4. The van der Waals surface area contributed by atoms with Crippen LogP contribution in [0.3, 0.4) is 0 Å². The number of para-hydroxylation sites is 1. The van der Waals surface area contributed by atoms with Gasteiger partial charge in [0.25, 0.3) is 0 Å². The number of rotatable bonds is 3. The molecule has 0 radical (unpaired) electrons. The first kappa shape index (κ1) is 11.1. The average Bonchev–Trinajstić information content (AvgIpc) is 2.85. The van der Waals surface area contributed by atoms with E-state index in [1.165, 1.54) is 16.8 Å². The molecular formula is C17H17N. The largest absolute Gasteiger partial charge is 0.360 e. The molecule has 0 bridgehead atoms. The third kappa shape index (κ3) is 1.82. The fraction of sp³-hybridized carbons (Fsp3) is 0.176. The smallest absolute Gasteiger partial charge is 0.0724 e. The van der Waals surface area contributed by atoms with Gasteiger partial charge in [-0.25, -0.2) is 0 Å². The summed E-state index contributed by atoms with van der Waals surface area (Å²) in [6.45, 7) is 5.09. The van der Waals surface area contributed by atoms with Gasteiger partial charge in [-0.05, 0) is 23.6 Å². The first-order valence-corrected chi connectivity index (χ1v) is 6.42. The van der Waals surface area contributed by atoms with Gasteiger partial charge in [-0.15, -0.1) is 6.58 Å². The molecule has 2 aromatic rings. The minimum atomic E-state index is 0.273. The van der Waals surface area contributed by atoms with Gasteiger partial charge < -0.3 is 4.90 Å². The van der Waals surface area contributed by atoms with Gasteiger partial charge in [-0.3, -0.25) is 0 Å². The maximum atomic E-state index is 4.01. The van der Waals surface area contributed by atoms with Crippen molar-refractivity contribution >= 4 is 5.69 Å². The minimum absolute atomic E-state index is 0.273. The molecular weight excluding hydrogens is 218 g/mol. The monoisotopic (exact) mass is 235 g/mol. The summed E-state index contributed by atoms with van der Waals surface area (Å²) in [5.74, 6) is 0. The number of hydrogen-bond donors (Lipinski definition) is 0. The van der Waals surface area contributed by atoms with Gasteiger partial charge in [0.05, 0.1) is 6.04 Å². The van der Waals surface area contributed by atoms with Crippen LogP contribution in [0.15, 0.2) is 67.3 Å². The van der Waals surface area contributed by atoms with Crippen molar-refractivity contribution in [1.82, 2.24) is 0 Å². The summed E-state index contributed by atoms with van der Waals surface area (Å²) in [7, 11) is 0. The molecule has 0 aliphatic carbocycles. The van der Waals surface area contributed by atoms with Gasteiger partial charge in [-0.2, -0.15) is 0 Å². The first-order chi connectivity index (χ1) is 8.90. The van der Waals surface area contributed by atoms with Gasteiger partial charge in [0.15, 0.2) is 0 Å². The van der Waals surface area contributed by atoms with E-state index in [-0.39, 0.29) is 6.04 Å². The van der Waals surface area contributed by atoms with E-state index >= 15 is 0 Å². The molecule has 1 unspecified atom stereocenters. The van der Waals surface area contributed by atoms with E-state index in [0.717, 1.165) is 13.0 Å². The summed E-state index contributed by atoms with van der Waals surface area (Å²) in [5.41, 5.74) is 4.11. The van der Waals surface area contributed by atoms with Crippen molar-refractivity contribution in [3.8, 4) is 0 Å². The Morgan fingerprint density at radius 3 is 2.50 bits per heavy atom. The number of hydrogen-bond acceptors (Lipinski definition) is 1. The Kier molecular flexibility index (Phi) is 2.89. The van der Waals surface area contributed by atoms with Crippen molar-refractivity contribution in [3.05, 3.63) is 78.4 Å². The fourth-order valence-corrected chi connectivity index (χ4v) is 2.75. The molecule has 0 amide bonds. The molecule has 3 rings (SSSR count). The number of anilines is 1. The Hall–Kier alpha value is -2.02. The van der Waals surface area contributed by atoms with Crippen molar-refractivity contribution in [2.24, 2.45) is 0 Å². The van der Waals surface area contributed by atoms with Crippen LogP contribution in [0.4, 0.5) is 5.69 Å². The topological polar surface area (TPSA) is 3.24 Å². The van der Waals surface area contributed by atoms with Gasteiger partial charge >= 0.3 is 0 Å². The standard InChI is InChI=1S/C17H17N/c1-2-16(14-8-4-3-5-9-14)18-13-12-15-10-6-7-11-17(15)18/h2-11,16H,1,12-13H2. The zero-order valence-corrected chi connectivity index (χ0v) is 10.4. The predicted octanol–water partition coefficient (Wildman–Crippen LogP) is 3.98. The van der Waals surface area contributed by atoms with E-state index in [0.29, 0.717) is 0 Å². The molecule has 2 aromatic carbocycles. The van der Waals surface area contributed by atoms with Crippen LogP contribution in [-0.2, 0) is 6.42 Å². The van der Waals surface area contributed by atoms with Crippen LogP contribution in [0.2, 0.25) is 0 Å². The Bertz CT molecular complexity index is 545. The van der Waals surface area contributed by atoms with Crippen molar-refractivity contribution in [3.63, 3.8) is 0 Å². The number of fused-ring (bicyclic) bond motifs is 1. The molecule has 0 fully saturated rings. The highest BCUT2D eigenvalue weighted by Gasteiger charge is 2.24. The molecule has 0 saturated heterocycles. The summed E-state index contributed by atoms with van der Waals surface area (Å²) >= 11 is 0. The Labute approximate surface area is 108 Å². The Morgan fingerprint density at radius 2 is 1.72 bits per heavy atom. The van der Waals surface area contributed by atoms with E-state index in [1.54, 1.807) is 0 Å². The van der Waals surface area contributed by atoms with Crippen molar-refractivity contribution in [1.29, 1.82) is 0 Å². The quantitative estimate of drug-likeness (QED) is 0.727. The van der Waals surface area contributed by atoms with Crippen LogP contribution in [0.25, 0.3) is 0 Å². The maximum absolute atomic E-state index is 4.01. The lowest BCUT2D eigenvalue weighted by Crippen LogP contribution is -2.25. The Morgan fingerprint density at radius 1 is 1.00 bits per heavy atom. The molecule has 1 nitrogen and oxygen atoms in total. The van der Waals surface area contributed by atoms with E-state index in [9.17, 15) is 0 Å². The summed E-state index contributed by atoms with van der Waals surface area (Å²) < 4.78 is 0. The summed E-state index contributed by atoms with van der Waals surface area (Å²) in [6.07, 6.45) is 3.17. The third-order valence-corrected chi connectivity index (χ3v) is 3.62. The van der Waals surface area contributed by atoms with Crippen LogP contribution < -0.4 is 4.90 Å². The summed E-state index contributed by atoms with van der Waals surface area (Å²) in [4.78, 5) is 2.44. The summed E-state index contributed by atoms with van der Waals surface area (Å²) in [6, 6.07) is 19.5. The van der Waals surface area contributed by atoms with Gasteiger partial charge in [0.2, 0.25) is 0 Å². The van der Waals surface area contributed by atoms with Gasteiger partial charge in [0, 0.05) is 12.2 Å². The molecule has 0 spiro atoms. The van der Waals surface area contributed by atoms with Crippen molar-refractivity contribution in [2.75, 3.05) is 11.4 Å². The average molecular weight is 235 g/mol. The molecule has 0 N–H and O–H groups in total. The second kappa shape index (κ2) is 4.69. The van der Waals surface area contributed by atoms with Crippen LogP contribution in [0.5, 0.6) is 0 Å². The van der Waals surface area contributed by atoms with Crippen molar-refractivity contribution < 1.29 is 0 Å². The highest BCUT2D eigenvalue weighted by molar-refractivity contribution is 5.60. The van der Waals surface area contributed by atoms with Gasteiger partial charge in [-0.1, -0.05) is 54.6 Å². The molecule has 1 aliphatic heterocycles. The molecule has 18 heavy (non-hydrogen) atoms. The fourth-order valence-electron chi connectivity index (χ4n) is 2.75. The van der Waals surface area contributed by atoms with Crippen LogP contribution >= 0.6 is 0 Å². The van der Waals surface area contributed by atoms with E-state index in [4.69, 9.17) is 0 Å². The lowest BCUT2D eigenvalue weighted by molar-refractivity contribution is 0.754. The lowest BCUT2D eigenvalue weighted by atomic mass is 10.1. The number of benzene rings is 2. The van der Waals surface area contributed by atoms with Crippen LogP contribution in [-0.4, -0.2) is 6.54 Å². The third-order valence-electron chi connectivity index (χ3n) is 3.62.